The SMILES string of the molecule is NCc1cc(Br)cc(S(=O)(=O)NCc2ccno2)c1F. The molecule has 0 radical (unpaired) electrons. The molecule has 0 amide bonds. The second-order valence-electron chi connectivity index (χ2n) is 3.88. The molecule has 1 aromatic heterocycles. The van der Waals surface area contributed by atoms with Crippen LogP contribution in [-0.4, -0.2) is 13.6 Å². The average molecular weight is 364 g/mol. The van der Waals surface area contributed by atoms with Gasteiger partial charge >= 0.3 is 0 Å². The number of halogens is 2. The summed E-state index contributed by atoms with van der Waals surface area (Å²) in [7, 11) is -4.02. The molecule has 0 saturated carbocycles. The molecule has 0 bridgehead atoms. The van der Waals surface area contributed by atoms with Crippen molar-refractivity contribution in [3.63, 3.8) is 0 Å². The van der Waals surface area contributed by atoms with Crippen LogP contribution >= 0.6 is 15.9 Å². The lowest BCUT2D eigenvalue weighted by molar-refractivity contribution is 0.380. The van der Waals surface area contributed by atoms with Gasteiger partial charge in [-0.2, -0.15) is 0 Å². The Balaban J connectivity index is 2.31. The van der Waals surface area contributed by atoms with Gasteiger partial charge in [0.05, 0.1) is 12.7 Å². The molecule has 0 aliphatic heterocycles. The molecule has 3 N–H and O–H groups in total. The van der Waals surface area contributed by atoms with Crippen LogP contribution in [-0.2, 0) is 23.1 Å². The Kier molecular flexibility index (Phi) is 4.53. The van der Waals surface area contributed by atoms with Crippen LogP contribution in [0.1, 0.15) is 11.3 Å². The Morgan fingerprint density at radius 3 is 2.80 bits per heavy atom. The van der Waals surface area contributed by atoms with Crippen molar-refractivity contribution in [3.8, 4) is 0 Å². The van der Waals surface area contributed by atoms with Gasteiger partial charge in [0, 0.05) is 22.6 Å². The second kappa shape index (κ2) is 6.00. The van der Waals surface area contributed by atoms with E-state index in [2.05, 4.69) is 25.8 Å². The van der Waals surface area contributed by atoms with E-state index in [0.717, 1.165) is 0 Å². The number of nitrogens with zero attached hydrogens (tertiary/aromatic N) is 1. The minimum absolute atomic E-state index is 0.101. The summed E-state index contributed by atoms with van der Waals surface area (Å²) in [6, 6.07) is 4.12. The van der Waals surface area contributed by atoms with Gasteiger partial charge in [-0.3, -0.25) is 0 Å². The molecular weight excluding hydrogens is 353 g/mol. The molecule has 9 heteroatoms. The largest absolute Gasteiger partial charge is 0.360 e. The summed E-state index contributed by atoms with van der Waals surface area (Å²) in [5.74, 6) is -0.538. The van der Waals surface area contributed by atoms with E-state index in [9.17, 15) is 12.8 Å². The van der Waals surface area contributed by atoms with E-state index < -0.39 is 20.7 Å². The number of hydrogen-bond acceptors (Lipinski definition) is 5. The van der Waals surface area contributed by atoms with Gasteiger partial charge in [0.2, 0.25) is 10.0 Å². The van der Waals surface area contributed by atoms with Gasteiger partial charge in [-0.05, 0) is 12.1 Å². The normalized spacial score (nSPS) is 11.8. The summed E-state index contributed by atoms with van der Waals surface area (Å²) >= 11 is 3.13. The Labute approximate surface area is 123 Å². The molecule has 1 heterocycles. The van der Waals surface area contributed by atoms with Crippen LogP contribution in [0.2, 0.25) is 0 Å². The first-order valence-corrected chi connectivity index (χ1v) is 7.79. The minimum atomic E-state index is -4.02. The predicted octanol–water partition coefficient (Wildman–Crippen LogP) is 1.51. The molecule has 0 aliphatic rings. The highest BCUT2D eigenvalue weighted by Gasteiger charge is 2.22. The van der Waals surface area contributed by atoms with E-state index >= 15 is 0 Å². The van der Waals surface area contributed by atoms with Crippen LogP contribution in [0.4, 0.5) is 4.39 Å². The lowest BCUT2D eigenvalue weighted by atomic mass is 10.2. The van der Waals surface area contributed by atoms with Crippen LogP contribution in [0.25, 0.3) is 0 Å². The summed E-state index contributed by atoms with van der Waals surface area (Å²) in [6.07, 6.45) is 1.38. The highest BCUT2D eigenvalue weighted by molar-refractivity contribution is 9.10. The van der Waals surface area contributed by atoms with E-state index in [4.69, 9.17) is 10.3 Å². The lowest BCUT2D eigenvalue weighted by Crippen LogP contribution is -2.24. The lowest BCUT2D eigenvalue weighted by Gasteiger charge is -2.09. The maximum absolute atomic E-state index is 14.1. The van der Waals surface area contributed by atoms with E-state index in [1.165, 1.54) is 24.4 Å². The monoisotopic (exact) mass is 363 g/mol. The molecule has 20 heavy (non-hydrogen) atoms. The zero-order chi connectivity index (χ0) is 14.8. The van der Waals surface area contributed by atoms with E-state index in [1.807, 2.05) is 0 Å². The fourth-order valence-corrected chi connectivity index (χ4v) is 3.33. The minimum Gasteiger partial charge on any atom is -0.360 e. The van der Waals surface area contributed by atoms with E-state index in [-0.39, 0.29) is 18.7 Å². The van der Waals surface area contributed by atoms with Crippen molar-refractivity contribution in [1.29, 1.82) is 0 Å². The first-order chi connectivity index (χ1) is 9.44. The standard InChI is InChI=1S/C11H11BrFN3O3S/c12-8-3-7(5-14)11(13)10(4-8)20(17,18)16-6-9-1-2-15-19-9/h1-4,16H,5-6,14H2. The quantitative estimate of drug-likeness (QED) is 0.838. The summed E-state index contributed by atoms with van der Waals surface area (Å²) in [4.78, 5) is -0.466. The summed E-state index contributed by atoms with van der Waals surface area (Å²) in [5, 5.41) is 3.45. The van der Waals surface area contributed by atoms with E-state index in [1.54, 1.807) is 0 Å². The Morgan fingerprint density at radius 1 is 1.45 bits per heavy atom. The first kappa shape index (κ1) is 15.1. The molecule has 6 nitrogen and oxygen atoms in total. The zero-order valence-electron chi connectivity index (χ0n) is 10.1. The molecule has 0 atom stereocenters. The van der Waals surface area contributed by atoms with Gasteiger partial charge in [-0.15, -0.1) is 0 Å². The Hall–Kier alpha value is -1.29. The number of aromatic nitrogens is 1. The van der Waals surface area contributed by atoms with Gasteiger partial charge in [-0.1, -0.05) is 21.1 Å². The fourth-order valence-electron chi connectivity index (χ4n) is 1.54. The van der Waals surface area contributed by atoms with Crippen molar-refractivity contribution in [2.24, 2.45) is 5.73 Å². The highest BCUT2D eigenvalue weighted by Crippen LogP contribution is 2.24. The molecule has 0 saturated heterocycles. The maximum atomic E-state index is 14.1. The third kappa shape index (κ3) is 3.23. The summed E-state index contributed by atoms with van der Waals surface area (Å²) in [6.45, 7) is -0.220. The van der Waals surface area contributed by atoms with Gasteiger partial charge in [0.1, 0.15) is 10.7 Å². The molecule has 0 unspecified atom stereocenters. The number of nitrogens with two attached hydrogens (primary N) is 1. The van der Waals surface area contributed by atoms with Crippen LogP contribution in [0.5, 0.6) is 0 Å². The number of rotatable bonds is 5. The third-order valence-electron chi connectivity index (χ3n) is 2.52. The number of nitrogens with one attached hydrogen (secondary N) is 1. The molecule has 2 rings (SSSR count). The zero-order valence-corrected chi connectivity index (χ0v) is 12.5. The molecular formula is C11H11BrFN3O3S. The molecule has 0 spiro atoms. The van der Waals surface area contributed by atoms with Gasteiger partial charge in [0.25, 0.3) is 0 Å². The Morgan fingerprint density at radius 2 is 2.20 bits per heavy atom. The third-order valence-corrected chi connectivity index (χ3v) is 4.37. The number of sulfonamides is 1. The molecule has 0 fully saturated rings. The average Bonchev–Trinajstić information content (AvgIpc) is 2.92. The van der Waals surface area contributed by atoms with Crippen LogP contribution in [0, 0.1) is 5.82 Å². The van der Waals surface area contributed by atoms with Crippen molar-refractivity contribution in [2.75, 3.05) is 0 Å². The van der Waals surface area contributed by atoms with Crippen molar-refractivity contribution in [3.05, 3.63) is 46.0 Å². The first-order valence-electron chi connectivity index (χ1n) is 5.51. The summed E-state index contributed by atoms with van der Waals surface area (Å²) < 4.78 is 45.7. The van der Waals surface area contributed by atoms with Gasteiger partial charge < -0.3 is 10.3 Å². The van der Waals surface area contributed by atoms with Crippen molar-refractivity contribution in [2.45, 2.75) is 18.0 Å². The molecule has 108 valence electrons. The van der Waals surface area contributed by atoms with Crippen molar-refractivity contribution >= 4 is 26.0 Å². The van der Waals surface area contributed by atoms with Crippen LogP contribution in [0.3, 0.4) is 0 Å². The van der Waals surface area contributed by atoms with Crippen LogP contribution in [0.15, 0.2) is 38.3 Å². The van der Waals surface area contributed by atoms with Crippen molar-refractivity contribution in [1.82, 2.24) is 9.88 Å². The molecule has 1 aromatic carbocycles. The van der Waals surface area contributed by atoms with E-state index in [0.29, 0.717) is 10.2 Å². The fraction of sp³-hybridized carbons (Fsp3) is 0.182. The number of hydrogen-bond donors (Lipinski definition) is 2. The molecule has 2 aromatic rings. The van der Waals surface area contributed by atoms with Gasteiger partial charge in [-0.25, -0.2) is 17.5 Å². The highest BCUT2D eigenvalue weighted by atomic mass is 79.9. The molecule has 0 aliphatic carbocycles. The summed E-state index contributed by atoms with van der Waals surface area (Å²) in [5.41, 5.74) is 5.49. The maximum Gasteiger partial charge on any atom is 0.243 e. The van der Waals surface area contributed by atoms with Crippen LogP contribution < -0.4 is 10.5 Å². The van der Waals surface area contributed by atoms with Gasteiger partial charge in [0.15, 0.2) is 5.76 Å². The topological polar surface area (TPSA) is 98.2 Å². The smallest absolute Gasteiger partial charge is 0.243 e. The Bertz CT molecular complexity index is 704. The predicted molar refractivity (Wildman–Crippen MR) is 72.5 cm³/mol. The second-order valence-corrected chi connectivity index (χ2v) is 6.54. The number of benzene rings is 1. The van der Waals surface area contributed by atoms with Crippen molar-refractivity contribution < 1.29 is 17.3 Å².